The van der Waals surface area contributed by atoms with E-state index in [4.69, 9.17) is 0 Å². The summed E-state index contributed by atoms with van der Waals surface area (Å²) in [5, 5.41) is 6.00. The van der Waals surface area contributed by atoms with Crippen LogP contribution in [0.5, 0.6) is 0 Å². The molecule has 0 aliphatic carbocycles. The van der Waals surface area contributed by atoms with Crippen LogP contribution in [0.1, 0.15) is 25.5 Å². The number of carbonyl (C=O) groups is 1. The first kappa shape index (κ1) is 12.5. The zero-order chi connectivity index (χ0) is 12.0. The Kier molecular flexibility index (Phi) is 4.79. The highest BCUT2D eigenvalue weighted by Gasteiger charge is 2.10. The van der Waals surface area contributed by atoms with Crippen molar-refractivity contribution in [3.8, 4) is 0 Å². The third-order valence-electron chi connectivity index (χ3n) is 2.36. The molecule has 0 bridgehead atoms. The van der Waals surface area contributed by atoms with E-state index in [1.54, 1.807) is 0 Å². The van der Waals surface area contributed by atoms with E-state index in [1.807, 2.05) is 31.2 Å². The van der Waals surface area contributed by atoms with Crippen LogP contribution in [0.15, 0.2) is 24.3 Å². The maximum Gasteiger partial charge on any atom is 0.411 e. The maximum absolute atomic E-state index is 11.2. The van der Waals surface area contributed by atoms with Crippen molar-refractivity contribution in [3.05, 3.63) is 29.8 Å². The van der Waals surface area contributed by atoms with Gasteiger partial charge in [0.05, 0.1) is 7.11 Å². The summed E-state index contributed by atoms with van der Waals surface area (Å²) in [6.45, 7) is 4.99. The molecule has 16 heavy (non-hydrogen) atoms. The summed E-state index contributed by atoms with van der Waals surface area (Å²) in [7, 11) is 1.35. The van der Waals surface area contributed by atoms with E-state index in [0.29, 0.717) is 0 Å². The Morgan fingerprint density at radius 3 is 2.75 bits per heavy atom. The first-order valence-electron chi connectivity index (χ1n) is 5.36. The summed E-state index contributed by atoms with van der Waals surface area (Å²) >= 11 is 0. The molecule has 0 radical (unpaired) electrons. The fourth-order valence-corrected chi connectivity index (χ4v) is 1.57. The number of methoxy groups -OCH3 is 1. The van der Waals surface area contributed by atoms with Crippen LogP contribution in [0.25, 0.3) is 0 Å². The Bertz CT molecular complexity index is 353. The second-order valence-corrected chi connectivity index (χ2v) is 3.48. The summed E-state index contributed by atoms with van der Waals surface area (Å²) in [5.74, 6) is 0. The zero-order valence-electron chi connectivity index (χ0n) is 9.91. The highest BCUT2D eigenvalue weighted by molar-refractivity contribution is 5.85. The van der Waals surface area contributed by atoms with E-state index in [-0.39, 0.29) is 6.04 Å². The van der Waals surface area contributed by atoms with Gasteiger partial charge in [0.2, 0.25) is 0 Å². The van der Waals surface area contributed by atoms with Gasteiger partial charge in [-0.1, -0.05) is 25.1 Å². The molecule has 88 valence electrons. The highest BCUT2D eigenvalue weighted by atomic mass is 16.5. The number of benzene rings is 1. The van der Waals surface area contributed by atoms with Gasteiger partial charge in [-0.05, 0) is 25.1 Å². The van der Waals surface area contributed by atoms with Crippen molar-refractivity contribution in [1.82, 2.24) is 5.32 Å². The molecule has 1 aromatic carbocycles. The minimum absolute atomic E-state index is 0.193. The van der Waals surface area contributed by atoms with Gasteiger partial charge in [0.15, 0.2) is 0 Å². The molecule has 0 aliphatic heterocycles. The summed E-state index contributed by atoms with van der Waals surface area (Å²) in [6.07, 6.45) is -0.448. The molecule has 1 atom stereocenters. The van der Waals surface area contributed by atoms with Gasteiger partial charge >= 0.3 is 6.09 Å². The summed E-state index contributed by atoms with van der Waals surface area (Å²) in [5.41, 5.74) is 1.83. The molecule has 0 saturated heterocycles. The lowest BCUT2D eigenvalue weighted by Crippen LogP contribution is -2.20. The standard InChI is InChI=1S/C12H18N2O2/c1-4-13-9(2)10-7-5-6-8-11(10)14-12(15)16-3/h5-9,13H,4H2,1-3H3,(H,14,15). The van der Waals surface area contributed by atoms with Crippen molar-refractivity contribution in [2.75, 3.05) is 19.0 Å². The van der Waals surface area contributed by atoms with Gasteiger partial charge in [-0.25, -0.2) is 4.79 Å². The van der Waals surface area contributed by atoms with Crippen molar-refractivity contribution in [2.45, 2.75) is 19.9 Å². The number of anilines is 1. The first-order chi connectivity index (χ1) is 7.69. The van der Waals surface area contributed by atoms with Crippen LogP contribution in [-0.4, -0.2) is 19.7 Å². The Morgan fingerprint density at radius 2 is 2.12 bits per heavy atom. The number of ether oxygens (including phenoxy) is 1. The monoisotopic (exact) mass is 222 g/mol. The fraction of sp³-hybridized carbons (Fsp3) is 0.417. The molecule has 1 aromatic rings. The van der Waals surface area contributed by atoms with Crippen molar-refractivity contribution in [2.24, 2.45) is 0 Å². The van der Waals surface area contributed by atoms with Crippen molar-refractivity contribution in [1.29, 1.82) is 0 Å². The maximum atomic E-state index is 11.2. The van der Waals surface area contributed by atoms with Gasteiger partial charge in [-0.3, -0.25) is 5.32 Å². The first-order valence-corrected chi connectivity index (χ1v) is 5.36. The smallest absolute Gasteiger partial charge is 0.411 e. The lowest BCUT2D eigenvalue weighted by molar-refractivity contribution is 0.187. The predicted octanol–water partition coefficient (Wildman–Crippen LogP) is 2.54. The lowest BCUT2D eigenvalue weighted by atomic mass is 10.1. The number of carbonyl (C=O) groups excluding carboxylic acids is 1. The molecule has 0 spiro atoms. The second-order valence-electron chi connectivity index (χ2n) is 3.48. The molecule has 1 rings (SSSR count). The third-order valence-corrected chi connectivity index (χ3v) is 2.36. The van der Waals surface area contributed by atoms with E-state index in [9.17, 15) is 4.79 Å². The van der Waals surface area contributed by atoms with Gasteiger partial charge in [0.25, 0.3) is 0 Å². The molecule has 1 amide bonds. The number of hydrogen-bond acceptors (Lipinski definition) is 3. The molecule has 0 saturated carbocycles. The molecule has 1 unspecified atom stereocenters. The van der Waals surface area contributed by atoms with Crippen molar-refractivity contribution in [3.63, 3.8) is 0 Å². The normalized spacial score (nSPS) is 11.9. The minimum Gasteiger partial charge on any atom is -0.453 e. The van der Waals surface area contributed by atoms with Crippen LogP contribution in [-0.2, 0) is 4.74 Å². The molecule has 0 fully saturated rings. The third kappa shape index (κ3) is 3.24. The minimum atomic E-state index is -0.448. The van der Waals surface area contributed by atoms with Crippen LogP contribution in [0.4, 0.5) is 10.5 Å². The molecule has 4 heteroatoms. The summed E-state index contributed by atoms with van der Waals surface area (Å²) in [4.78, 5) is 11.2. The Morgan fingerprint density at radius 1 is 1.44 bits per heavy atom. The number of para-hydroxylation sites is 1. The molecule has 2 N–H and O–H groups in total. The zero-order valence-corrected chi connectivity index (χ0v) is 9.91. The van der Waals surface area contributed by atoms with E-state index in [0.717, 1.165) is 17.8 Å². The average molecular weight is 222 g/mol. The quantitative estimate of drug-likeness (QED) is 0.823. The number of amides is 1. The Balaban J connectivity index is 2.86. The fourth-order valence-electron chi connectivity index (χ4n) is 1.57. The average Bonchev–Trinajstić information content (AvgIpc) is 2.30. The second kappa shape index (κ2) is 6.12. The summed E-state index contributed by atoms with van der Waals surface area (Å²) in [6, 6.07) is 7.87. The number of hydrogen-bond donors (Lipinski definition) is 2. The summed E-state index contributed by atoms with van der Waals surface area (Å²) < 4.78 is 4.58. The van der Waals surface area contributed by atoms with E-state index in [1.165, 1.54) is 7.11 Å². The SMILES string of the molecule is CCNC(C)c1ccccc1NC(=O)OC. The van der Waals surface area contributed by atoms with E-state index >= 15 is 0 Å². The van der Waals surface area contributed by atoms with E-state index < -0.39 is 6.09 Å². The number of rotatable bonds is 4. The van der Waals surface area contributed by atoms with Gasteiger partial charge < -0.3 is 10.1 Å². The molecular formula is C12H18N2O2. The van der Waals surface area contributed by atoms with Crippen molar-refractivity contribution >= 4 is 11.8 Å². The van der Waals surface area contributed by atoms with Gasteiger partial charge in [-0.2, -0.15) is 0 Å². The predicted molar refractivity (Wildman–Crippen MR) is 64.6 cm³/mol. The topological polar surface area (TPSA) is 50.4 Å². The van der Waals surface area contributed by atoms with Gasteiger partial charge in [0.1, 0.15) is 0 Å². The lowest BCUT2D eigenvalue weighted by Gasteiger charge is -2.17. The molecule has 4 nitrogen and oxygen atoms in total. The molecule has 0 aliphatic rings. The van der Waals surface area contributed by atoms with Crippen molar-refractivity contribution < 1.29 is 9.53 Å². The largest absolute Gasteiger partial charge is 0.453 e. The molecule has 0 aromatic heterocycles. The van der Waals surface area contributed by atoms with Gasteiger partial charge in [0, 0.05) is 11.7 Å². The van der Waals surface area contributed by atoms with Crippen LogP contribution < -0.4 is 10.6 Å². The van der Waals surface area contributed by atoms with Crippen LogP contribution >= 0.6 is 0 Å². The highest BCUT2D eigenvalue weighted by Crippen LogP contribution is 2.22. The van der Waals surface area contributed by atoms with Crippen LogP contribution in [0, 0.1) is 0 Å². The Hall–Kier alpha value is -1.55. The molecular weight excluding hydrogens is 204 g/mol. The van der Waals surface area contributed by atoms with Crippen LogP contribution in [0.2, 0.25) is 0 Å². The van der Waals surface area contributed by atoms with Gasteiger partial charge in [-0.15, -0.1) is 0 Å². The Labute approximate surface area is 96.0 Å². The van der Waals surface area contributed by atoms with E-state index in [2.05, 4.69) is 22.3 Å². The van der Waals surface area contributed by atoms with Crippen LogP contribution in [0.3, 0.4) is 0 Å². The number of nitrogens with one attached hydrogen (secondary N) is 2. The molecule has 0 heterocycles.